The molecule has 172 valence electrons. The van der Waals surface area contributed by atoms with Gasteiger partial charge in [0.05, 0.1) is 14.1 Å². The molecule has 0 aliphatic rings. The van der Waals surface area contributed by atoms with Crippen molar-refractivity contribution in [1.29, 1.82) is 0 Å². The number of halogens is 1. The Morgan fingerprint density at radius 2 is 0.893 bits per heavy atom. The Kier molecular flexibility index (Phi) is 30.0. The van der Waals surface area contributed by atoms with Crippen LogP contribution in [0.25, 0.3) is 0 Å². The fraction of sp³-hybridized carbons (Fsp3) is 0.962. The number of alkyl halides is 1. The lowest BCUT2D eigenvalue weighted by Crippen LogP contribution is -3.08. The second-order valence-corrected chi connectivity index (χ2v) is 9.95. The van der Waals surface area contributed by atoms with Gasteiger partial charge in [-0.25, -0.2) is 0 Å². The van der Waals surface area contributed by atoms with E-state index in [-0.39, 0.29) is 0 Å². The third-order valence-electron chi connectivity index (χ3n) is 5.54. The molecule has 0 aliphatic carbocycles. The zero-order chi connectivity index (χ0) is 21.3. The molecule has 0 amide bonds. The third-order valence-corrected chi connectivity index (χ3v) is 6.91. The second kappa shape index (κ2) is 27.4. The van der Waals surface area contributed by atoms with Gasteiger partial charge in [-0.3, -0.25) is 0 Å². The summed E-state index contributed by atoms with van der Waals surface area (Å²) in [4.78, 5) is 2.16. The first-order valence-corrected chi connectivity index (χ1v) is 13.7. The molecule has 0 radical (unpaired) electrons. The van der Waals surface area contributed by atoms with E-state index in [2.05, 4.69) is 50.8 Å². The fourth-order valence-corrected chi connectivity index (χ4v) is 3.73. The maximum atomic E-state index is 3.84. The summed E-state index contributed by atoms with van der Waals surface area (Å²) >= 11 is 3.72. The third kappa shape index (κ3) is 28.6. The van der Waals surface area contributed by atoms with Crippen LogP contribution in [0, 0.1) is 6.92 Å². The standard InChI is InChI=1S/C14H30BrN.C12H25/c1-4-5-6-7-8-9-10-11-12-13-14(15)16(2)3;1-3-5-7-9-11-12-10-8-6-4-2/h14H,4-13H2,1-3H3;1,3-12H2,2H3/q;-1/p+1. The quantitative estimate of drug-likeness (QED) is 0.0800. The molecular formula is C26H56BrN. The van der Waals surface area contributed by atoms with Crippen LogP contribution in [0.15, 0.2) is 0 Å². The summed E-state index contributed by atoms with van der Waals surface area (Å²) in [7, 11) is 4.43. The highest BCUT2D eigenvalue weighted by Gasteiger charge is 2.08. The van der Waals surface area contributed by atoms with E-state index in [0.29, 0.717) is 4.95 Å². The predicted molar refractivity (Wildman–Crippen MR) is 135 cm³/mol. The molecule has 1 atom stereocenters. The van der Waals surface area contributed by atoms with Gasteiger partial charge in [-0.2, -0.15) is 6.42 Å². The normalized spacial score (nSPS) is 12.1. The van der Waals surface area contributed by atoms with Gasteiger partial charge in [0, 0.05) is 6.42 Å². The van der Waals surface area contributed by atoms with E-state index < -0.39 is 0 Å². The van der Waals surface area contributed by atoms with Gasteiger partial charge in [0.15, 0.2) is 0 Å². The first-order valence-electron chi connectivity index (χ1n) is 12.8. The summed E-state index contributed by atoms with van der Waals surface area (Å²) in [6, 6.07) is 0. The van der Waals surface area contributed by atoms with Crippen LogP contribution < -0.4 is 4.90 Å². The van der Waals surface area contributed by atoms with Gasteiger partial charge in [0.1, 0.15) is 4.95 Å². The molecule has 0 heterocycles. The molecular weight excluding hydrogens is 406 g/mol. The van der Waals surface area contributed by atoms with Gasteiger partial charge in [-0.1, -0.05) is 123 Å². The highest BCUT2D eigenvalue weighted by atomic mass is 79.9. The van der Waals surface area contributed by atoms with Gasteiger partial charge in [0.2, 0.25) is 0 Å². The Morgan fingerprint density at radius 1 is 0.571 bits per heavy atom. The first kappa shape index (κ1) is 30.6. The van der Waals surface area contributed by atoms with Crippen molar-refractivity contribution in [3.05, 3.63) is 6.92 Å². The van der Waals surface area contributed by atoms with Crippen LogP contribution in [0.5, 0.6) is 0 Å². The number of rotatable bonds is 20. The van der Waals surface area contributed by atoms with Gasteiger partial charge >= 0.3 is 0 Å². The molecule has 0 rings (SSSR count). The van der Waals surface area contributed by atoms with Crippen molar-refractivity contribution in [2.75, 3.05) is 14.1 Å². The van der Waals surface area contributed by atoms with Crippen LogP contribution in [0.4, 0.5) is 0 Å². The monoisotopic (exact) mass is 461 g/mol. The molecule has 28 heavy (non-hydrogen) atoms. The van der Waals surface area contributed by atoms with Crippen LogP contribution in [0.3, 0.4) is 0 Å². The van der Waals surface area contributed by atoms with Crippen molar-refractivity contribution in [2.24, 2.45) is 0 Å². The summed E-state index contributed by atoms with van der Waals surface area (Å²) < 4.78 is 0. The van der Waals surface area contributed by atoms with Crippen LogP contribution in [0.1, 0.15) is 142 Å². The predicted octanol–water partition coefficient (Wildman–Crippen LogP) is 8.51. The number of unbranched alkanes of at least 4 members (excludes halogenated alkanes) is 17. The number of nitrogens with one attached hydrogen (secondary N) is 1. The molecule has 0 spiro atoms. The topological polar surface area (TPSA) is 4.44 Å². The van der Waals surface area contributed by atoms with Crippen molar-refractivity contribution in [1.82, 2.24) is 0 Å². The van der Waals surface area contributed by atoms with E-state index >= 15 is 0 Å². The van der Waals surface area contributed by atoms with Crippen molar-refractivity contribution < 1.29 is 4.90 Å². The molecule has 1 N–H and O–H groups in total. The van der Waals surface area contributed by atoms with E-state index in [4.69, 9.17) is 0 Å². The van der Waals surface area contributed by atoms with Gasteiger partial charge in [-0.05, 0) is 22.4 Å². The number of hydrogen-bond donors (Lipinski definition) is 1. The van der Waals surface area contributed by atoms with Crippen molar-refractivity contribution in [3.63, 3.8) is 0 Å². The largest absolute Gasteiger partial charge is 0.343 e. The van der Waals surface area contributed by atoms with Crippen LogP contribution in [-0.2, 0) is 0 Å². The van der Waals surface area contributed by atoms with Crippen LogP contribution in [0.2, 0.25) is 0 Å². The minimum atomic E-state index is 0.650. The summed E-state index contributed by atoms with van der Waals surface area (Å²) in [5, 5.41) is 0. The maximum absolute atomic E-state index is 3.84. The Labute approximate surface area is 188 Å². The molecule has 0 aliphatic heterocycles. The lowest BCUT2D eigenvalue weighted by molar-refractivity contribution is -0.867. The lowest BCUT2D eigenvalue weighted by atomic mass is 10.1. The van der Waals surface area contributed by atoms with Crippen molar-refractivity contribution >= 4 is 15.9 Å². The summed E-state index contributed by atoms with van der Waals surface area (Å²) in [6.45, 7) is 8.40. The smallest absolute Gasteiger partial charge is 0.142 e. The molecule has 0 aromatic rings. The number of hydrogen-bond acceptors (Lipinski definition) is 0. The van der Waals surface area contributed by atoms with E-state index in [1.165, 1.54) is 127 Å². The molecule has 0 saturated heterocycles. The Hall–Kier alpha value is 0.440. The van der Waals surface area contributed by atoms with E-state index in [0.717, 1.165) is 6.42 Å². The molecule has 0 aromatic heterocycles. The van der Waals surface area contributed by atoms with Crippen molar-refractivity contribution in [3.8, 4) is 0 Å². The minimum absolute atomic E-state index is 0.650. The lowest BCUT2D eigenvalue weighted by Gasteiger charge is -2.14. The second-order valence-electron chi connectivity index (χ2n) is 8.84. The van der Waals surface area contributed by atoms with Gasteiger partial charge < -0.3 is 11.8 Å². The zero-order valence-corrected chi connectivity index (χ0v) is 21.9. The minimum Gasteiger partial charge on any atom is -0.343 e. The first-order chi connectivity index (χ1) is 13.6. The highest BCUT2D eigenvalue weighted by molar-refractivity contribution is 9.09. The SMILES string of the molecule is CCCCCCCCCCCC(Br)[NH+](C)C.[CH2-]CCCCCCCCCCC. The molecule has 0 saturated carbocycles. The number of quaternary nitrogens is 1. The van der Waals surface area contributed by atoms with Crippen molar-refractivity contribution in [2.45, 2.75) is 147 Å². The van der Waals surface area contributed by atoms with E-state index in [1.807, 2.05) is 0 Å². The van der Waals surface area contributed by atoms with Gasteiger partial charge in [-0.15, -0.1) is 0 Å². The maximum Gasteiger partial charge on any atom is 0.142 e. The average molecular weight is 463 g/mol. The molecule has 0 fully saturated rings. The molecule has 2 heteroatoms. The Morgan fingerprint density at radius 3 is 1.21 bits per heavy atom. The summed E-state index contributed by atoms with van der Waals surface area (Å²) in [5.41, 5.74) is 0. The molecule has 0 aromatic carbocycles. The van der Waals surface area contributed by atoms with E-state index in [9.17, 15) is 0 Å². The Balaban J connectivity index is 0. The van der Waals surface area contributed by atoms with Crippen LogP contribution in [-0.4, -0.2) is 19.0 Å². The molecule has 1 unspecified atom stereocenters. The molecule has 1 nitrogen and oxygen atoms in total. The average Bonchev–Trinajstić information content (AvgIpc) is 2.69. The summed E-state index contributed by atoms with van der Waals surface area (Å²) in [6.07, 6.45) is 28.0. The Bertz CT molecular complexity index is 245. The van der Waals surface area contributed by atoms with Crippen LogP contribution >= 0.6 is 15.9 Å². The zero-order valence-electron chi connectivity index (χ0n) is 20.3. The highest BCUT2D eigenvalue weighted by Crippen LogP contribution is 2.12. The fourth-order valence-electron chi connectivity index (χ4n) is 3.41. The summed E-state index contributed by atoms with van der Waals surface area (Å²) in [5.74, 6) is 0. The molecule has 0 bridgehead atoms. The van der Waals surface area contributed by atoms with Gasteiger partial charge in [0.25, 0.3) is 0 Å². The van der Waals surface area contributed by atoms with E-state index in [1.54, 1.807) is 0 Å².